The van der Waals surface area contributed by atoms with Gasteiger partial charge in [0.15, 0.2) is 0 Å². The van der Waals surface area contributed by atoms with Gasteiger partial charge in [-0.3, -0.25) is 4.79 Å². The largest absolute Gasteiger partial charge is 0.478 e. The highest BCUT2D eigenvalue weighted by molar-refractivity contribution is 9.10. The summed E-state index contributed by atoms with van der Waals surface area (Å²) in [6.07, 6.45) is 0. The molecule has 0 aliphatic heterocycles. The number of halogens is 1. The second kappa shape index (κ2) is 5.27. The minimum Gasteiger partial charge on any atom is -0.478 e. The third-order valence-corrected chi connectivity index (χ3v) is 3.40. The van der Waals surface area contributed by atoms with E-state index in [2.05, 4.69) is 26.2 Å². The van der Waals surface area contributed by atoms with E-state index in [1.807, 2.05) is 25.1 Å². The Kier molecular flexibility index (Phi) is 3.71. The predicted molar refractivity (Wildman–Crippen MR) is 76.2 cm³/mol. The SMILES string of the molecule is Cc1ccc(Nc2cc(C(=O)O)cc(=O)[nH]2)cc1Br. The van der Waals surface area contributed by atoms with E-state index in [9.17, 15) is 9.59 Å². The van der Waals surface area contributed by atoms with Gasteiger partial charge in [-0.15, -0.1) is 0 Å². The Morgan fingerprint density at radius 2 is 2.05 bits per heavy atom. The van der Waals surface area contributed by atoms with Crippen molar-refractivity contribution in [1.82, 2.24) is 4.98 Å². The van der Waals surface area contributed by atoms with Crippen LogP contribution in [0.3, 0.4) is 0 Å². The Morgan fingerprint density at radius 3 is 2.68 bits per heavy atom. The second-order valence-electron chi connectivity index (χ2n) is 4.04. The van der Waals surface area contributed by atoms with Crippen LogP contribution < -0.4 is 10.9 Å². The highest BCUT2D eigenvalue weighted by Crippen LogP contribution is 2.22. The van der Waals surface area contributed by atoms with Gasteiger partial charge in [0.05, 0.1) is 5.56 Å². The van der Waals surface area contributed by atoms with Gasteiger partial charge in [0.1, 0.15) is 5.82 Å². The van der Waals surface area contributed by atoms with Crippen molar-refractivity contribution in [3.63, 3.8) is 0 Å². The minimum atomic E-state index is -1.14. The maximum atomic E-state index is 11.4. The molecule has 0 amide bonds. The van der Waals surface area contributed by atoms with Crippen LogP contribution in [0.2, 0.25) is 0 Å². The molecule has 0 saturated heterocycles. The third kappa shape index (κ3) is 3.23. The van der Waals surface area contributed by atoms with Crippen LogP contribution in [0.4, 0.5) is 11.5 Å². The van der Waals surface area contributed by atoms with Crippen LogP contribution in [0, 0.1) is 6.92 Å². The van der Waals surface area contributed by atoms with Crippen LogP contribution in [0.25, 0.3) is 0 Å². The Bertz CT molecular complexity index is 695. The van der Waals surface area contributed by atoms with Crippen LogP contribution in [0.15, 0.2) is 39.6 Å². The zero-order chi connectivity index (χ0) is 14.0. The average Bonchev–Trinajstić information content (AvgIpc) is 2.33. The summed E-state index contributed by atoms with van der Waals surface area (Å²) in [5, 5.41) is 11.9. The van der Waals surface area contributed by atoms with Crippen molar-refractivity contribution in [2.24, 2.45) is 0 Å². The van der Waals surface area contributed by atoms with Crippen molar-refractivity contribution in [1.29, 1.82) is 0 Å². The first-order valence-corrected chi connectivity index (χ1v) is 6.26. The van der Waals surface area contributed by atoms with Crippen molar-refractivity contribution in [3.05, 3.63) is 56.3 Å². The van der Waals surface area contributed by atoms with Gasteiger partial charge < -0.3 is 15.4 Å². The molecule has 0 saturated carbocycles. The van der Waals surface area contributed by atoms with Gasteiger partial charge in [-0.1, -0.05) is 22.0 Å². The second-order valence-corrected chi connectivity index (χ2v) is 4.90. The fourth-order valence-electron chi connectivity index (χ4n) is 1.56. The van der Waals surface area contributed by atoms with Crippen molar-refractivity contribution < 1.29 is 9.90 Å². The molecule has 0 aliphatic rings. The van der Waals surface area contributed by atoms with Gasteiger partial charge in [-0.05, 0) is 30.7 Å². The number of aromatic amines is 1. The number of aromatic carboxylic acids is 1. The zero-order valence-corrected chi connectivity index (χ0v) is 11.6. The predicted octanol–water partition coefficient (Wildman–Crippen LogP) is 2.89. The summed E-state index contributed by atoms with van der Waals surface area (Å²) in [4.78, 5) is 24.8. The lowest BCUT2D eigenvalue weighted by molar-refractivity contribution is 0.0696. The van der Waals surface area contributed by atoms with Gasteiger partial charge in [0.25, 0.3) is 0 Å². The molecule has 3 N–H and O–H groups in total. The standard InChI is InChI=1S/C13H11BrN2O3/c1-7-2-3-9(6-10(7)14)15-11-4-8(13(18)19)5-12(17)16-11/h2-6H,1H3,(H,18,19)(H2,15,16,17). The van der Waals surface area contributed by atoms with Crippen molar-refractivity contribution >= 4 is 33.4 Å². The summed E-state index contributed by atoms with van der Waals surface area (Å²) >= 11 is 3.41. The Labute approximate surface area is 117 Å². The quantitative estimate of drug-likeness (QED) is 0.811. The number of aryl methyl sites for hydroxylation is 1. The Hall–Kier alpha value is -2.08. The number of H-pyrrole nitrogens is 1. The van der Waals surface area contributed by atoms with Crippen LogP contribution in [-0.2, 0) is 0 Å². The monoisotopic (exact) mass is 322 g/mol. The first-order valence-electron chi connectivity index (χ1n) is 5.46. The summed E-state index contributed by atoms with van der Waals surface area (Å²) in [7, 11) is 0. The maximum absolute atomic E-state index is 11.4. The fraction of sp³-hybridized carbons (Fsp3) is 0.0769. The number of anilines is 2. The summed E-state index contributed by atoms with van der Waals surface area (Å²) in [5.41, 5.74) is 1.31. The zero-order valence-electron chi connectivity index (χ0n) is 10.0. The number of rotatable bonds is 3. The van der Waals surface area contributed by atoms with Crippen LogP contribution >= 0.6 is 15.9 Å². The van der Waals surface area contributed by atoms with Crippen molar-refractivity contribution in [3.8, 4) is 0 Å². The number of hydrogen-bond acceptors (Lipinski definition) is 3. The van der Waals surface area contributed by atoms with Crippen LogP contribution in [0.1, 0.15) is 15.9 Å². The number of aromatic nitrogens is 1. The number of nitrogens with one attached hydrogen (secondary N) is 2. The van der Waals surface area contributed by atoms with E-state index in [1.165, 1.54) is 6.07 Å². The smallest absolute Gasteiger partial charge is 0.336 e. The van der Waals surface area contributed by atoms with Gasteiger partial charge in [-0.25, -0.2) is 4.79 Å². The number of carboxylic acids is 1. The first-order chi connectivity index (χ1) is 8.95. The molecule has 0 fully saturated rings. The van der Waals surface area contributed by atoms with Gasteiger partial charge in [0, 0.05) is 16.2 Å². The lowest BCUT2D eigenvalue weighted by Gasteiger charge is -2.08. The highest BCUT2D eigenvalue weighted by atomic mass is 79.9. The minimum absolute atomic E-state index is 0.0579. The molecule has 98 valence electrons. The number of carbonyl (C=O) groups is 1. The summed E-state index contributed by atoms with van der Waals surface area (Å²) < 4.78 is 0.925. The number of carboxylic acid groups (broad SMARTS) is 1. The van der Waals surface area contributed by atoms with Crippen LogP contribution in [-0.4, -0.2) is 16.1 Å². The molecule has 2 aromatic rings. The normalized spacial score (nSPS) is 10.2. The molecule has 1 aromatic heterocycles. The molecule has 0 bridgehead atoms. The molecule has 5 nitrogen and oxygen atoms in total. The molecule has 0 atom stereocenters. The van der Waals surface area contributed by atoms with Gasteiger partial charge in [0.2, 0.25) is 5.56 Å². The van der Waals surface area contributed by atoms with E-state index in [0.29, 0.717) is 5.82 Å². The maximum Gasteiger partial charge on any atom is 0.336 e. The van der Waals surface area contributed by atoms with E-state index in [4.69, 9.17) is 5.11 Å². The molecule has 1 heterocycles. The van der Waals surface area contributed by atoms with Crippen LogP contribution in [0.5, 0.6) is 0 Å². The molecule has 0 aliphatic carbocycles. The molecule has 0 unspecified atom stereocenters. The Balaban J connectivity index is 2.35. The lowest BCUT2D eigenvalue weighted by Crippen LogP contribution is -2.11. The fourth-order valence-corrected chi connectivity index (χ4v) is 1.94. The summed E-state index contributed by atoms with van der Waals surface area (Å²) in [6.45, 7) is 1.96. The molecule has 19 heavy (non-hydrogen) atoms. The number of benzene rings is 1. The summed E-state index contributed by atoms with van der Waals surface area (Å²) in [5.74, 6) is -0.806. The molecular weight excluding hydrogens is 312 g/mol. The highest BCUT2D eigenvalue weighted by Gasteiger charge is 2.06. The topological polar surface area (TPSA) is 82.2 Å². The van der Waals surface area contributed by atoms with E-state index >= 15 is 0 Å². The molecule has 0 radical (unpaired) electrons. The van der Waals surface area contributed by atoms with Crippen molar-refractivity contribution in [2.45, 2.75) is 6.92 Å². The Morgan fingerprint density at radius 1 is 1.32 bits per heavy atom. The average molecular weight is 323 g/mol. The molecular formula is C13H11BrN2O3. The van der Waals surface area contributed by atoms with Gasteiger partial charge in [-0.2, -0.15) is 0 Å². The summed E-state index contributed by atoms with van der Waals surface area (Å²) in [6, 6.07) is 8.01. The molecule has 1 aromatic carbocycles. The number of pyridine rings is 1. The third-order valence-electron chi connectivity index (χ3n) is 2.54. The van der Waals surface area contributed by atoms with E-state index in [1.54, 1.807) is 0 Å². The number of hydrogen-bond donors (Lipinski definition) is 3. The van der Waals surface area contributed by atoms with Crippen molar-refractivity contribution in [2.75, 3.05) is 5.32 Å². The molecule has 0 spiro atoms. The molecule has 6 heteroatoms. The molecule has 2 rings (SSSR count). The lowest BCUT2D eigenvalue weighted by atomic mass is 10.2. The van der Waals surface area contributed by atoms with E-state index in [0.717, 1.165) is 21.8 Å². The van der Waals surface area contributed by atoms with Gasteiger partial charge >= 0.3 is 5.97 Å². The van der Waals surface area contributed by atoms with E-state index in [-0.39, 0.29) is 5.56 Å². The van der Waals surface area contributed by atoms with E-state index < -0.39 is 11.5 Å². The first kappa shape index (κ1) is 13.4.